The minimum atomic E-state index is -0.119. The van der Waals surface area contributed by atoms with Crippen LogP contribution in [0.5, 0.6) is 17.2 Å². The molecular weight excluding hydrogens is 1390 g/mol. The highest BCUT2D eigenvalue weighted by Gasteiger charge is 2.13. The second-order valence-corrected chi connectivity index (χ2v) is 24.7. The van der Waals surface area contributed by atoms with Crippen molar-refractivity contribution in [3.05, 3.63) is 125 Å². The number of amides is 2. The van der Waals surface area contributed by atoms with E-state index in [0.29, 0.717) is 285 Å². The number of ether oxygens (including phenoxy) is 18. The van der Waals surface area contributed by atoms with E-state index in [-0.39, 0.29) is 17.6 Å². The molecule has 0 aliphatic rings. The van der Waals surface area contributed by atoms with E-state index < -0.39 is 0 Å². The number of unbranched alkanes of at least 4 members (excludes halogenated alkanes) is 1. The number of aryl methyl sites for hydroxylation is 4. The number of rotatable bonds is 66. The zero-order valence-corrected chi connectivity index (χ0v) is 64.7. The van der Waals surface area contributed by atoms with Gasteiger partial charge in [0.15, 0.2) is 5.82 Å². The van der Waals surface area contributed by atoms with Gasteiger partial charge in [-0.3, -0.25) is 19.4 Å². The molecule has 0 aliphatic heterocycles. The molecule has 0 aliphatic carbocycles. The Hall–Kier alpha value is -7.29. The van der Waals surface area contributed by atoms with Crippen LogP contribution in [-0.2, 0) is 100 Å². The van der Waals surface area contributed by atoms with Crippen LogP contribution in [0.3, 0.4) is 0 Å². The van der Waals surface area contributed by atoms with Gasteiger partial charge in [0.25, 0.3) is 5.91 Å². The van der Waals surface area contributed by atoms with Crippen LogP contribution in [0.4, 0.5) is 11.5 Å². The number of Topliss-reactive ketones (excluding diaryl/α,β-unsaturated/α-hetero) is 1. The molecule has 108 heavy (non-hydrogen) atoms. The molecule has 6 N–H and O–H groups in total. The molecule has 0 fully saturated rings. The second-order valence-electron chi connectivity index (χ2n) is 24.7. The number of carbonyl (C=O) groups is 3. The van der Waals surface area contributed by atoms with Crippen LogP contribution in [0, 0.1) is 13.8 Å². The van der Waals surface area contributed by atoms with E-state index in [1.165, 1.54) is 11.1 Å². The average Bonchev–Trinajstić information content (AvgIpc) is 0.771. The maximum absolute atomic E-state index is 12.7. The molecular formula is C81H122N6O21. The lowest BCUT2D eigenvalue weighted by Gasteiger charge is -2.12. The Bertz CT molecular complexity index is 3340. The lowest BCUT2D eigenvalue weighted by Crippen LogP contribution is -2.27. The summed E-state index contributed by atoms with van der Waals surface area (Å²) in [5.41, 5.74) is 20.6. The van der Waals surface area contributed by atoms with Gasteiger partial charge in [-0.05, 0) is 143 Å². The first-order valence-electron chi connectivity index (χ1n) is 38.0. The number of methoxy groups -OCH3 is 1. The quantitative estimate of drug-likeness (QED) is 0.0157. The monoisotopic (exact) mass is 1510 g/mol. The highest BCUT2D eigenvalue weighted by Crippen LogP contribution is 2.29. The summed E-state index contributed by atoms with van der Waals surface area (Å²) < 4.78 is 98.4. The van der Waals surface area contributed by atoms with Gasteiger partial charge in [-0.25, -0.2) is 4.98 Å². The minimum absolute atomic E-state index is 0.0469. The van der Waals surface area contributed by atoms with Crippen molar-refractivity contribution in [2.75, 3.05) is 236 Å². The molecule has 0 saturated carbocycles. The molecule has 2 heterocycles. The van der Waals surface area contributed by atoms with Crippen molar-refractivity contribution in [2.24, 2.45) is 0 Å². The van der Waals surface area contributed by atoms with Gasteiger partial charge in [-0.15, -0.1) is 0 Å². The molecule has 0 atom stereocenters. The van der Waals surface area contributed by atoms with Crippen molar-refractivity contribution in [1.82, 2.24) is 20.6 Å². The summed E-state index contributed by atoms with van der Waals surface area (Å²) in [5, 5.41) is 7.87. The Labute approximate surface area is 638 Å². The molecule has 2 aromatic heterocycles. The van der Waals surface area contributed by atoms with Crippen LogP contribution in [0.1, 0.15) is 97.0 Å². The Kier molecular flexibility index (Phi) is 51.2. The predicted molar refractivity (Wildman–Crippen MR) is 415 cm³/mol. The fourth-order valence-corrected chi connectivity index (χ4v) is 10.4. The third-order valence-electron chi connectivity index (χ3n) is 16.2. The molecule has 602 valence electrons. The van der Waals surface area contributed by atoms with E-state index in [0.717, 1.165) is 69.9 Å². The summed E-state index contributed by atoms with van der Waals surface area (Å²) in [6.07, 6.45) is 7.95. The van der Waals surface area contributed by atoms with Gasteiger partial charge < -0.3 is 107 Å². The van der Waals surface area contributed by atoms with Crippen LogP contribution >= 0.6 is 0 Å². The third kappa shape index (κ3) is 42.6. The number of aromatic nitrogens is 2. The SMILES string of the molecule is CCOCCOCCC(=O)CCCCOCCOCCOCCCNC(=O)c1ccc(COc2ccc(CCc3cnc4c(N)nc5cc(C)ccc5c4c3)c(C)c2)cc1.CCOCCOCCOCCOCCOCCOCCOCCOCCOCCOCCNC(=O)CCCOc1ccc(OC)c(N)c1. The Balaban J connectivity index is 0.000000398. The van der Waals surface area contributed by atoms with E-state index in [1.807, 2.05) is 50.4 Å². The number of nitrogens with two attached hydrogens (primary N) is 2. The van der Waals surface area contributed by atoms with Crippen molar-refractivity contribution in [3.63, 3.8) is 0 Å². The molecule has 4 aromatic carbocycles. The summed E-state index contributed by atoms with van der Waals surface area (Å²) in [4.78, 5) is 45.7. The summed E-state index contributed by atoms with van der Waals surface area (Å²) >= 11 is 0. The van der Waals surface area contributed by atoms with E-state index >= 15 is 0 Å². The molecule has 27 heteroatoms. The summed E-state index contributed by atoms with van der Waals surface area (Å²) in [7, 11) is 1.56. The molecule has 0 radical (unpaired) electrons. The predicted octanol–water partition coefficient (Wildman–Crippen LogP) is 9.44. The van der Waals surface area contributed by atoms with Gasteiger partial charge in [0.1, 0.15) is 35.2 Å². The van der Waals surface area contributed by atoms with E-state index in [9.17, 15) is 14.4 Å². The van der Waals surface area contributed by atoms with Gasteiger partial charge in [-0.2, -0.15) is 0 Å². The van der Waals surface area contributed by atoms with Gasteiger partial charge in [0.05, 0.1) is 197 Å². The Morgan fingerprint density at radius 3 is 1.49 bits per heavy atom. The lowest BCUT2D eigenvalue weighted by atomic mass is 9.99. The zero-order chi connectivity index (χ0) is 77.0. The maximum atomic E-state index is 12.7. The van der Waals surface area contributed by atoms with E-state index in [2.05, 4.69) is 70.8 Å². The zero-order valence-electron chi connectivity index (χ0n) is 64.7. The molecule has 0 unspecified atom stereocenters. The number of nitrogens with one attached hydrogen (secondary N) is 2. The van der Waals surface area contributed by atoms with Gasteiger partial charge in [-0.1, -0.05) is 30.3 Å². The van der Waals surface area contributed by atoms with Gasteiger partial charge in [0, 0.05) is 87.4 Å². The Morgan fingerprint density at radius 1 is 0.426 bits per heavy atom. The van der Waals surface area contributed by atoms with Crippen molar-refractivity contribution in [2.45, 2.75) is 92.1 Å². The van der Waals surface area contributed by atoms with Crippen LogP contribution < -0.4 is 36.3 Å². The minimum Gasteiger partial charge on any atom is -0.495 e. The van der Waals surface area contributed by atoms with Crippen molar-refractivity contribution in [3.8, 4) is 17.2 Å². The maximum Gasteiger partial charge on any atom is 0.251 e. The second kappa shape index (κ2) is 60.5. The molecule has 27 nitrogen and oxygen atoms in total. The summed E-state index contributed by atoms with van der Waals surface area (Å²) in [6.45, 7) is 25.5. The first kappa shape index (κ1) is 91.3. The number of fused-ring (bicyclic) bond motifs is 3. The van der Waals surface area contributed by atoms with E-state index in [1.54, 1.807) is 25.3 Å². The van der Waals surface area contributed by atoms with E-state index in [4.69, 9.17) is 96.7 Å². The van der Waals surface area contributed by atoms with Crippen LogP contribution in [0.2, 0.25) is 0 Å². The normalized spacial score (nSPS) is 11.3. The number of pyridine rings is 2. The van der Waals surface area contributed by atoms with Crippen LogP contribution in [0.15, 0.2) is 91.1 Å². The third-order valence-corrected chi connectivity index (χ3v) is 16.2. The first-order chi connectivity index (χ1) is 53.0. The molecule has 2 amide bonds. The van der Waals surface area contributed by atoms with Crippen molar-refractivity contribution >= 4 is 50.9 Å². The molecule has 0 saturated heterocycles. The molecule has 6 aromatic rings. The fourth-order valence-electron chi connectivity index (χ4n) is 10.4. The number of carbonyl (C=O) groups excluding carboxylic acids is 3. The number of hydrogen-bond donors (Lipinski definition) is 4. The number of benzene rings is 4. The first-order valence-corrected chi connectivity index (χ1v) is 38.0. The summed E-state index contributed by atoms with van der Waals surface area (Å²) in [5.74, 6) is 2.56. The number of ketones is 1. The van der Waals surface area contributed by atoms with Crippen LogP contribution in [-0.4, -0.2) is 253 Å². The highest BCUT2D eigenvalue weighted by molar-refractivity contribution is 6.08. The smallest absolute Gasteiger partial charge is 0.251 e. The molecule has 0 spiro atoms. The average molecular weight is 1520 g/mol. The molecule has 0 bridgehead atoms. The Morgan fingerprint density at radius 2 is 0.944 bits per heavy atom. The summed E-state index contributed by atoms with van der Waals surface area (Å²) in [6, 6.07) is 27.4. The van der Waals surface area contributed by atoms with Crippen molar-refractivity contribution in [1.29, 1.82) is 0 Å². The highest BCUT2D eigenvalue weighted by atomic mass is 16.6. The number of anilines is 2. The van der Waals surface area contributed by atoms with Crippen molar-refractivity contribution < 1.29 is 99.6 Å². The fraction of sp³-hybridized carbons (Fsp3) is 0.593. The number of hydrogen-bond acceptors (Lipinski definition) is 25. The standard InChI is InChI=1S/C48H62N4O8.C33H60N2O13/c1-4-55-24-25-58-23-19-41(53)8-5-6-21-56-26-28-59-29-27-57-22-7-20-50-48(54)40-14-10-37(11-15-40)34-60-42-17-16-39(36(3)31-42)13-12-38-32-44-43-18-9-35(2)30-45(43)52-47(49)46(44)51-33-38;1-3-38-11-12-40-15-16-42-19-20-44-23-24-46-27-28-47-26-25-45-22-21-43-18-17-41-14-13-39-10-8-35-33(36)5-4-9-48-30-6-7-32(37-2)31(34)29-30/h9-11,14-18,30-33H,4-8,12-13,19-29,34H2,1-3H3,(H2,49,52)(H,50,54);6-7,29H,3-5,8-28,34H2,1-2H3,(H,35,36). The number of nitrogen functional groups attached to an aromatic ring is 2. The van der Waals surface area contributed by atoms with Gasteiger partial charge >= 0.3 is 0 Å². The topological polar surface area (TPSA) is 319 Å². The lowest BCUT2D eigenvalue weighted by molar-refractivity contribution is -0.122. The largest absolute Gasteiger partial charge is 0.495 e. The number of nitrogens with zero attached hydrogens (tertiary/aromatic N) is 2. The van der Waals surface area contributed by atoms with Crippen LogP contribution in [0.25, 0.3) is 21.8 Å². The molecule has 6 rings (SSSR count). The van der Waals surface area contributed by atoms with Gasteiger partial charge in [0.2, 0.25) is 5.91 Å².